The summed E-state index contributed by atoms with van der Waals surface area (Å²) in [5.41, 5.74) is 2.87. The highest BCUT2D eigenvalue weighted by Gasteiger charge is 2.34. The van der Waals surface area contributed by atoms with E-state index in [0.29, 0.717) is 6.54 Å². The number of nitrogens with one attached hydrogen (secondary N) is 1. The molecule has 0 spiro atoms. The lowest BCUT2D eigenvalue weighted by atomic mass is 9.87. The Morgan fingerprint density at radius 3 is 2.47 bits per heavy atom. The van der Waals surface area contributed by atoms with E-state index in [9.17, 15) is 5.11 Å². The van der Waals surface area contributed by atoms with Crippen molar-refractivity contribution in [2.45, 2.75) is 18.4 Å². The zero-order valence-corrected chi connectivity index (χ0v) is 11.0. The van der Waals surface area contributed by atoms with Gasteiger partial charge in [-0.25, -0.2) is 0 Å². The highest BCUT2D eigenvalue weighted by molar-refractivity contribution is 5.37. The van der Waals surface area contributed by atoms with E-state index >= 15 is 0 Å². The minimum absolute atomic E-state index is 0.652. The molecule has 0 aromatic heterocycles. The van der Waals surface area contributed by atoms with Gasteiger partial charge in [-0.15, -0.1) is 0 Å². The average molecular weight is 253 g/mol. The van der Waals surface area contributed by atoms with Gasteiger partial charge in [0.05, 0.1) is 0 Å². The lowest BCUT2D eigenvalue weighted by molar-refractivity contribution is 0.0579. The summed E-state index contributed by atoms with van der Waals surface area (Å²) < 4.78 is 0. The molecule has 0 radical (unpaired) electrons. The second-order valence-corrected chi connectivity index (χ2v) is 5.28. The van der Waals surface area contributed by atoms with E-state index in [1.807, 2.05) is 18.2 Å². The molecule has 1 heterocycles. The smallest absolute Gasteiger partial charge is 0.103 e. The molecule has 0 bridgehead atoms. The van der Waals surface area contributed by atoms with Gasteiger partial charge in [-0.2, -0.15) is 0 Å². The van der Waals surface area contributed by atoms with Crippen molar-refractivity contribution in [1.29, 1.82) is 0 Å². The number of β-amino-alcohol motifs (C(OH)–C–C–N with tert-alkyl or cyclic N) is 1. The molecule has 0 amide bonds. The fourth-order valence-corrected chi connectivity index (χ4v) is 2.85. The van der Waals surface area contributed by atoms with Crippen LogP contribution in [0.15, 0.2) is 54.6 Å². The van der Waals surface area contributed by atoms with Crippen molar-refractivity contribution in [3.05, 3.63) is 71.3 Å². The van der Waals surface area contributed by atoms with Gasteiger partial charge in [-0.3, -0.25) is 0 Å². The van der Waals surface area contributed by atoms with Crippen LogP contribution in [0.4, 0.5) is 0 Å². The third-order valence-corrected chi connectivity index (χ3v) is 3.89. The van der Waals surface area contributed by atoms with Crippen molar-refractivity contribution in [2.75, 3.05) is 13.1 Å². The standard InChI is InChI=1S/C17H19NO/c19-17(10-11-18-13-17)16-9-5-4-8-15(16)12-14-6-2-1-3-7-14/h1-9,18-19H,10-13H2. The first-order valence-electron chi connectivity index (χ1n) is 6.83. The van der Waals surface area contributed by atoms with Crippen molar-refractivity contribution >= 4 is 0 Å². The second-order valence-electron chi connectivity index (χ2n) is 5.28. The van der Waals surface area contributed by atoms with E-state index in [-0.39, 0.29) is 0 Å². The van der Waals surface area contributed by atoms with Gasteiger partial charge >= 0.3 is 0 Å². The molecule has 2 nitrogen and oxygen atoms in total. The zero-order valence-electron chi connectivity index (χ0n) is 11.0. The first-order chi connectivity index (χ1) is 9.28. The van der Waals surface area contributed by atoms with Crippen molar-refractivity contribution in [3.8, 4) is 0 Å². The summed E-state index contributed by atoms with van der Waals surface area (Å²) in [5, 5.41) is 14.0. The van der Waals surface area contributed by atoms with Crippen LogP contribution in [0.2, 0.25) is 0 Å². The Balaban J connectivity index is 1.94. The second kappa shape index (κ2) is 5.16. The van der Waals surface area contributed by atoms with Gasteiger partial charge in [-0.05, 0) is 36.1 Å². The predicted molar refractivity (Wildman–Crippen MR) is 77.1 cm³/mol. The summed E-state index contributed by atoms with van der Waals surface area (Å²) in [5.74, 6) is 0. The van der Waals surface area contributed by atoms with Crippen LogP contribution in [0.5, 0.6) is 0 Å². The zero-order chi connectivity index (χ0) is 13.1. The molecule has 2 heteroatoms. The SMILES string of the molecule is OC1(c2ccccc2Cc2ccccc2)CCNC1. The molecule has 0 aliphatic carbocycles. The topological polar surface area (TPSA) is 32.3 Å². The van der Waals surface area contributed by atoms with E-state index in [1.54, 1.807) is 0 Å². The van der Waals surface area contributed by atoms with Crippen molar-refractivity contribution in [3.63, 3.8) is 0 Å². The fraction of sp³-hybridized carbons (Fsp3) is 0.294. The average Bonchev–Trinajstić information content (AvgIpc) is 2.88. The number of aliphatic hydroxyl groups is 1. The molecule has 1 aliphatic heterocycles. The van der Waals surface area contributed by atoms with E-state index in [4.69, 9.17) is 0 Å². The van der Waals surface area contributed by atoms with Crippen LogP contribution in [-0.4, -0.2) is 18.2 Å². The maximum absolute atomic E-state index is 10.8. The Morgan fingerprint density at radius 1 is 1.00 bits per heavy atom. The minimum Gasteiger partial charge on any atom is -0.384 e. The molecule has 2 aromatic carbocycles. The minimum atomic E-state index is -0.703. The molecular weight excluding hydrogens is 234 g/mol. The Labute approximate surface area is 114 Å². The highest BCUT2D eigenvalue weighted by Crippen LogP contribution is 2.31. The van der Waals surface area contributed by atoms with Gasteiger partial charge in [0.25, 0.3) is 0 Å². The van der Waals surface area contributed by atoms with Gasteiger partial charge in [0.2, 0.25) is 0 Å². The van der Waals surface area contributed by atoms with E-state index in [0.717, 1.165) is 24.9 Å². The number of benzene rings is 2. The maximum Gasteiger partial charge on any atom is 0.103 e. The third-order valence-electron chi connectivity index (χ3n) is 3.89. The Hall–Kier alpha value is -1.64. The van der Waals surface area contributed by atoms with Gasteiger partial charge in [0, 0.05) is 6.54 Å². The van der Waals surface area contributed by atoms with Crippen LogP contribution in [0.3, 0.4) is 0 Å². The largest absolute Gasteiger partial charge is 0.384 e. The molecule has 2 aromatic rings. The van der Waals surface area contributed by atoms with Crippen LogP contribution in [0.1, 0.15) is 23.1 Å². The molecule has 2 N–H and O–H groups in total. The normalized spacial score (nSPS) is 22.6. The lowest BCUT2D eigenvalue weighted by Crippen LogP contribution is -2.29. The van der Waals surface area contributed by atoms with E-state index in [1.165, 1.54) is 11.1 Å². The first-order valence-corrected chi connectivity index (χ1v) is 6.83. The highest BCUT2D eigenvalue weighted by atomic mass is 16.3. The van der Waals surface area contributed by atoms with Crippen LogP contribution in [0.25, 0.3) is 0 Å². The molecule has 1 saturated heterocycles. The molecule has 0 saturated carbocycles. The summed E-state index contributed by atoms with van der Waals surface area (Å²) in [7, 11) is 0. The monoisotopic (exact) mass is 253 g/mol. The van der Waals surface area contributed by atoms with Crippen LogP contribution >= 0.6 is 0 Å². The molecule has 1 aliphatic rings. The van der Waals surface area contributed by atoms with Crippen molar-refractivity contribution in [2.24, 2.45) is 0 Å². The summed E-state index contributed by atoms with van der Waals surface area (Å²) in [6, 6.07) is 18.7. The number of hydrogen-bond acceptors (Lipinski definition) is 2. The van der Waals surface area contributed by atoms with Crippen LogP contribution in [-0.2, 0) is 12.0 Å². The Kier molecular flexibility index (Phi) is 3.36. The summed E-state index contributed by atoms with van der Waals surface area (Å²) in [6.07, 6.45) is 1.66. The van der Waals surface area contributed by atoms with E-state index < -0.39 is 5.60 Å². The number of hydrogen-bond donors (Lipinski definition) is 2. The molecule has 1 unspecified atom stereocenters. The van der Waals surface area contributed by atoms with Crippen LogP contribution < -0.4 is 5.32 Å². The third kappa shape index (κ3) is 2.55. The van der Waals surface area contributed by atoms with Gasteiger partial charge in [0.1, 0.15) is 5.60 Å². The Bertz CT molecular complexity index is 544. The Morgan fingerprint density at radius 2 is 1.74 bits per heavy atom. The lowest BCUT2D eigenvalue weighted by Gasteiger charge is -2.25. The molecule has 19 heavy (non-hydrogen) atoms. The fourth-order valence-electron chi connectivity index (χ4n) is 2.85. The summed E-state index contributed by atoms with van der Waals surface area (Å²) in [6.45, 7) is 1.54. The van der Waals surface area contributed by atoms with Crippen molar-refractivity contribution < 1.29 is 5.11 Å². The molecule has 3 rings (SSSR count). The van der Waals surface area contributed by atoms with Gasteiger partial charge in [0.15, 0.2) is 0 Å². The van der Waals surface area contributed by atoms with Gasteiger partial charge < -0.3 is 10.4 Å². The number of rotatable bonds is 3. The predicted octanol–water partition coefficient (Wildman–Crippen LogP) is 2.46. The van der Waals surface area contributed by atoms with Crippen molar-refractivity contribution in [1.82, 2.24) is 5.32 Å². The molecule has 1 atom stereocenters. The molecular formula is C17H19NO. The maximum atomic E-state index is 10.8. The quantitative estimate of drug-likeness (QED) is 0.880. The molecule has 1 fully saturated rings. The first kappa shape index (κ1) is 12.4. The summed E-state index contributed by atoms with van der Waals surface area (Å²) >= 11 is 0. The van der Waals surface area contributed by atoms with Gasteiger partial charge in [-0.1, -0.05) is 54.6 Å². The molecule has 98 valence electrons. The summed E-state index contributed by atoms with van der Waals surface area (Å²) in [4.78, 5) is 0. The van der Waals surface area contributed by atoms with E-state index in [2.05, 4.69) is 41.7 Å². The van der Waals surface area contributed by atoms with Crippen LogP contribution in [0, 0.1) is 0 Å².